The lowest BCUT2D eigenvalue weighted by atomic mass is 10.2. The number of benzene rings is 1. The molecule has 0 aromatic heterocycles. The molecular formula is C14H23NO2. The standard InChI is InChI=1S/C14H23NO2/c1-11-5-7-14(8-6-11)17-10-12(2)15-9-13(3)16-4/h5-8,12-13,15H,9-10H2,1-4H3. The van der Waals surface area contributed by atoms with Gasteiger partial charge in [0.05, 0.1) is 6.10 Å². The molecular weight excluding hydrogens is 214 g/mol. The van der Waals surface area contributed by atoms with Crippen molar-refractivity contribution in [1.82, 2.24) is 5.32 Å². The molecule has 0 aliphatic carbocycles. The first-order chi connectivity index (χ1) is 8.11. The highest BCUT2D eigenvalue weighted by Gasteiger charge is 2.05. The molecule has 0 amide bonds. The molecule has 2 atom stereocenters. The molecule has 3 heteroatoms. The number of rotatable bonds is 7. The Bertz CT molecular complexity index is 311. The van der Waals surface area contributed by atoms with Crippen molar-refractivity contribution < 1.29 is 9.47 Å². The molecule has 0 fully saturated rings. The van der Waals surface area contributed by atoms with Crippen LogP contribution >= 0.6 is 0 Å². The third kappa shape index (κ3) is 5.71. The van der Waals surface area contributed by atoms with E-state index in [9.17, 15) is 0 Å². The summed E-state index contributed by atoms with van der Waals surface area (Å²) in [6.45, 7) is 7.73. The molecule has 2 unspecified atom stereocenters. The monoisotopic (exact) mass is 237 g/mol. The normalized spacial score (nSPS) is 14.4. The fourth-order valence-electron chi connectivity index (χ4n) is 1.37. The maximum absolute atomic E-state index is 5.69. The van der Waals surface area contributed by atoms with E-state index >= 15 is 0 Å². The van der Waals surface area contributed by atoms with Crippen LogP contribution in [0.4, 0.5) is 0 Å². The number of ether oxygens (including phenoxy) is 2. The van der Waals surface area contributed by atoms with E-state index in [-0.39, 0.29) is 6.10 Å². The molecule has 0 aliphatic heterocycles. The van der Waals surface area contributed by atoms with Crippen LogP contribution in [0.2, 0.25) is 0 Å². The average Bonchev–Trinajstić information content (AvgIpc) is 2.35. The topological polar surface area (TPSA) is 30.5 Å². The summed E-state index contributed by atoms with van der Waals surface area (Å²) < 4.78 is 10.9. The number of aryl methyl sites for hydroxylation is 1. The Labute approximate surface area is 104 Å². The highest BCUT2D eigenvalue weighted by atomic mass is 16.5. The molecule has 0 heterocycles. The summed E-state index contributed by atoms with van der Waals surface area (Å²) in [7, 11) is 1.72. The Balaban J connectivity index is 2.23. The zero-order chi connectivity index (χ0) is 12.7. The summed E-state index contributed by atoms with van der Waals surface area (Å²) in [5.74, 6) is 0.920. The fraction of sp³-hybridized carbons (Fsp3) is 0.571. The van der Waals surface area contributed by atoms with Gasteiger partial charge in [-0.3, -0.25) is 0 Å². The van der Waals surface area contributed by atoms with Gasteiger partial charge in [0.25, 0.3) is 0 Å². The van der Waals surface area contributed by atoms with Crippen LogP contribution in [0.5, 0.6) is 5.75 Å². The second-order valence-electron chi connectivity index (χ2n) is 4.48. The van der Waals surface area contributed by atoms with Gasteiger partial charge in [0.2, 0.25) is 0 Å². The Kier molecular flexibility index (Phi) is 6.01. The molecule has 1 rings (SSSR count). The quantitative estimate of drug-likeness (QED) is 0.790. The molecule has 0 saturated heterocycles. The first kappa shape index (κ1) is 14.0. The van der Waals surface area contributed by atoms with Gasteiger partial charge in [0.15, 0.2) is 0 Å². The number of hydrogen-bond donors (Lipinski definition) is 1. The van der Waals surface area contributed by atoms with Crippen LogP contribution < -0.4 is 10.1 Å². The van der Waals surface area contributed by atoms with E-state index in [0.29, 0.717) is 12.6 Å². The second-order valence-corrected chi connectivity index (χ2v) is 4.48. The third-order valence-corrected chi connectivity index (χ3v) is 2.68. The highest BCUT2D eigenvalue weighted by Crippen LogP contribution is 2.11. The van der Waals surface area contributed by atoms with Gasteiger partial charge in [-0.1, -0.05) is 17.7 Å². The summed E-state index contributed by atoms with van der Waals surface area (Å²) in [5, 5.41) is 3.36. The predicted molar refractivity (Wildman–Crippen MR) is 70.6 cm³/mol. The molecule has 3 nitrogen and oxygen atoms in total. The predicted octanol–water partition coefficient (Wildman–Crippen LogP) is 2.39. The molecule has 0 bridgehead atoms. The maximum atomic E-state index is 5.69. The molecule has 17 heavy (non-hydrogen) atoms. The Morgan fingerprint density at radius 1 is 1.18 bits per heavy atom. The van der Waals surface area contributed by atoms with Crippen molar-refractivity contribution in [2.24, 2.45) is 0 Å². The van der Waals surface area contributed by atoms with Crippen LogP contribution in [-0.2, 0) is 4.74 Å². The second kappa shape index (κ2) is 7.30. The zero-order valence-electron chi connectivity index (χ0n) is 11.2. The number of hydrogen-bond acceptors (Lipinski definition) is 3. The minimum Gasteiger partial charge on any atom is -0.492 e. The van der Waals surface area contributed by atoms with Crippen molar-refractivity contribution in [1.29, 1.82) is 0 Å². The van der Waals surface area contributed by atoms with E-state index in [1.807, 2.05) is 19.1 Å². The van der Waals surface area contributed by atoms with Gasteiger partial charge in [-0.2, -0.15) is 0 Å². The minimum absolute atomic E-state index is 0.233. The van der Waals surface area contributed by atoms with Gasteiger partial charge in [0.1, 0.15) is 12.4 Å². The fourth-order valence-corrected chi connectivity index (χ4v) is 1.37. The van der Waals surface area contributed by atoms with Crippen molar-refractivity contribution >= 4 is 0 Å². The van der Waals surface area contributed by atoms with Crippen LogP contribution in [0.15, 0.2) is 24.3 Å². The van der Waals surface area contributed by atoms with Gasteiger partial charge >= 0.3 is 0 Å². The number of nitrogens with one attached hydrogen (secondary N) is 1. The molecule has 0 radical (unpaired) electrons. The lowest BCUT2D eigenvalue weighted by Crippen LogP contribution is -2.37. The van der Waals surface area contributed by atoms with Gasteiger partial charge < -0.3 is 14.8 Å². The summed E-state index contributed by atoms with van der Waals surface area (Å²) >= 11 is 0. The van der Waals surface area contributed by atoms with Gasteiger partial charge in [0, 0.05) is 19.7 Å². The van der Waals surface area contributed by atoms with E-state index in [1.165, 1.54) is 5.56 Å². The van der Waals surface area contributed by atoms with E-state index in [0.717, 1.165) is 12.3 Å². The lowest BCUT2D eigenvalue weighted by Gasteiger charge is -2.17. The minimum atomic E-state index is 0.233. The van der Waals surface area contributed by atoms with Gasteiger partial charge in [-0.05, 0) is 32.9 Å². The summed E-state index contributed by atoms with van der Waals surface area (Å²) in [6, 6.07) is 8.43. The van der Waals surface area contributed by atoms with Crippen LogP contribution in [0.3, 0.4) is 0 Å². The Hall–Kier alpha value is -1.06. The van der Waals surface area contributed by atoms with Crippen molar-refractivity contribution in [3.8, 4) is 5.75 Å². The van der Waals surface area contributed by atoms with E-state index in [4.69, 9.17) is 9.47 Å². The lowest BCUT2D eigenvalue weighted by molar-refractivity contribution is 0.112. The molecule has 96 valence electrons. The van der Waals surface area contributed by atoms with Crippen molar-refractivity contribution in [3.63, 3.8) is 0 Å². The van der Waals surface area contributed by atoms with Crippen molar-refractivity contribution in [2.75, 3.05) is 20.3 Å². The van der Waals surface area contributed by atoms with Crippen LogP contribution in [0.1, 0.15) is 19.4 Å². The first-order valence-corrected chi connectivity index (χ1v) is 6.07. The summed E-state index contributed by atoms with van der Waals surface area (Å²) in [4.78, 5) is 0. The molecule has 1 aromatic carbocycles. The van der Waals surface area contributed by atoms with E-state index in [1.54, 1.807) is 7.11 Å². The SMILES string of the molecule is COC(C)CNC(C)COc1ccc(C)cc1. The van der Waals surface area contributed by atoms with E-state index in [2.05, 4.69) is 31.3 Å². The molecule has 1 N–H and O–H groups in total. The third-order valence-electron chi connectivity index (χ3n) is 2.68. The maximum Gasteiger partial charge on any atom is 0.119 e. The summed E-state index contributed by atoms with van der Waals surface area (Å²) in [5.41, 5.74) is 1.25. The smallest absolute Gasteiger partial charge is 0.119 e. The first-order valence-electron chi connectivity index (χ1n) is 6.07. The van der Waals surface area contributed by atoms with Crippen LogP contribution in [-0.4, -0.2) is 32.4 Å². The van der Waals surface area contributed by atoms with Crippen LogP contribution in [0, 0.1) is 6.92 Å². The Morgan fingerprint density at radius 2 is 1.82 bits per heavy atom. The van der Waals surface area contributed by atoms with E-state index < -0.39 is 0 Å². The average molecular weight is 237 g/mol. The number of methoxy groups -OCH3 is 1. The van der Waals surface area contributed by atoms with Crippen LogP contribution in [0.25, 0.3) is 0 Å². The zero-order valence-corrected chi connectivity index (χ0v) is 11.2. The molecule has 1 aromatic rings. The molecule has 0 aliphatic rings. The summed E-state index contributed by atoms with van der Waals surface area (Å²) in [6.07, 6.45) is 0.233. The Morgan fingerprint density at radius 3 is 2.41 bits per heavy atom. The molecule has 0 saturated carbocycles. The van der Waals surface area contributed by atoms with Crippen molar-refractivity contribution in [2.45, 2.75) is 32.9 Å². The van der Waals surface area contributed by atoms with Crippen molar-refractivity contribution in [3.05, 3.63) is 29.8 Å². The van der Waals surface area contributed by atoms with Gasteiger partial charge in [-0.25, -0.2) is 0 Å². The van der Waals surface area contributed by atoms with Gasteiger partial charge in [-0.15, -0.1) is 0 Å². The largest absolute Gasteiger partial charge is 0.492 e. The highest BCUT2D eigenvalue weighted by molar-refractivity contribution is 5.26. The molecule has 0 spiro atoms.